The van der Waals surface area contributed by atoms with Gasteiger partial charge < -0.3 is 15.0 Å². The van der Waals surface area contributed by atoms with Crippen molar-refractivity contribution in [2.45, 2.75) is 58.2 Å². The van der Waals surface area contributed by atoms with E-state index in [-0.39, 0.29) is 23.5 Å². The van der Waals surface area contributed by atoms with Gasteiger partial charge in [0.15, 0.2) is 6.10 Å². The van der Waals surface area contributed by atoms with Crippen LogP contribution < -0.4 is 10.1 Å². The third kappa shape index (κ3) is 4.48. The average Bonchev–Trinajstić information content (AvgIpc) is 3.25. The fourth-order valence-corrected chi connectivity index (χ4v) is 4.22. The minimum atomic E-state index is -0.564. The number of nitrogens with one attached hydrogen (secondary N) is 1. The fraction of sp³-hybridized carbons (Fsp3) is 0.417. The molecule has 0 spiro atoms. The van der Waals surface area contributed by atoms with E-state index in [4.69, 9.17) is 4.74 Å². The summed E-state index contributed by atoms with van der Waals surface area (Å²) in [7, 11) is 0. The van der Waals surface area contributed by atoms with E-state index in [0.29, 0.717) is 25.3 Å². The van der Waals surface area contributed by atoms with Crippen molar-refractivity contribution in [2.75, 3.05) is 5.32 Å². The molecule has 1 aliphatic carbocycles. The Bertz CT molecular complexity index is 923. The Labute approximate surface area is 176 Å². The van der Waals surface area contributed by atoms with Crippen molar-refractivity contribution < 1.29 is 18.7 Å². The van der Waals surface area contributed by atoms with Crippen LogP contribution in [0.3, 0.4) is 0 Å². The van der Waals surface area contributed by atoms with Crippen LogP contribution in [0.1, 0.15) is 50.2 Å². The standard InChI is InChI=1S/C24H27FN2O3/c1-2-21-24(29)27(14-16-7-9-19(25)10-8-16)15-18-13-20(11-12-22(18)30-21)26-23(28)17-5-3-4-6-17/h7-13,17,21H,2-6,14-15H2,1H3,(H,26,28). The first-order chi connectivity index (χ1) is 14.5. The number of ether oxygens (including phenoxy) is 1. The summed E-state index contributed by atoms with van der Waals surface area (Å²) in [5.41, 5.74) is 2.43. The lowest BCUT2D eigenvalue weighted by atomic mass is 10.1. The smallest absolute Gasteiger partial charge is 0.264 e. The Hall–Kier alpha value is -2.89. The zero-order valence-electron chi connectivity index (χ0n) is 17.2. The van der Waals surface area contributed by atoms with Crippen LogP contribution in [0.25, 0.3) is 0 Å². The number of rotatable bonds is 5. The first-order valence-corrected chi connectivity index (χ1v) is 10.7. The van der Waals surface area contributed by atoms with E-state index in [9.17, 15) is 14.0 Å². The molecule has 1 aliphatic heterocycles. The molecule has 0 saturated heterocycles. The van der Waals surface area contributed by atoms with E-state index in [1.807, 2.05) is 25.1 Å². The number of carbonyl (C=O) groups is 2. The molecule has 2 amide bonds. The topological polar surface area (TPSA) is 58.6 Å². The maximum Gasteiger partial charge on any atom is 0.264 e. The van der Waals surface area contributed by atoms with Gasteiger partial charge in [-0.2, -0.15) is 0 Å². The van der Waals surface area contributed by atoms with Crippen LogP contribution in [0.5, 0.6) is 5.75 Å². The van der Waals surface area contributed by atoms with E-state index in [0.717, 1.165) is 42.5 Å². The summed E-state index contributed by atoms with van der Waals surface area (Å²) in [6, 6.07) is 11.7. The monoisotopic (exact) mass is 410 g/mol. The van der Waals surface area contributed by atoms with Crippen molar-refractivity contribution in [1.29, 1.82) is 0 Å². The number of benzene rings is 2. The van der Waals surface area contributed by atoms with Gasteiger partial charge in [0.25, 0.3) is 5.91 Å². The predicted octanol–water partition coefficient (Wildman–Crippen LogP) is 4.65. The highest BCUT2D eigenvalue weighted by atomic mass is 19.1. The van der Waals surface area contributed by atoms with Crippen LogP contribution in [0, 0.1) is 11.7 Å². The first kappa shape index (κ1) is 20.4. The fourth-order valence-electron chi connectivity index (χ4n) is 4.22. The minimum Gasteiger partial charge on any atom is -0.480 e. The molecular formula is C24H27FN2O3. The number of carbonyl (C=O) groups excluding carboxylic acids is 2. The van der Waals surface area contributed by atoms with Gasteiger partial charge in [-0.05, 0) is 55.2 Å². The molecule has 1 saturated carbocycles. The van der Waals surface area contributed by atoms with E-state index >= 15 is 0 Å². The van der Waals surface area contributed by atoms with Gasteiger partial charge in [0.05, 0.1) is 0 Å². The molecular weight excluding hydrogens is 383 g/mol. The number of anilines is 1. The maximum atomic E-state index is 13.2. The molecule has 30 heavy (non-hydrogen) atoms. The van der Waals surface area contributed by atoms with Crippen LogP contribution in [0.15, 0.2) is 42.5 Å². The Morgan fingerprint density at radius 1 is 1.17 bits per heavy atom. The normalized spacial score (nSPS) is 19.2. The molecule has 2 aromatic rings. The second kappa shape index (κ2) is 8.86. The highest BCUT2D eigenvalue weighted by Gasteiger charge is 2.30. The maximum absolute atomic E-state index is 13.2. The quantitative estimate of drug-likeness (QED) is 0.780. The van der Waals surface area contributed by atoms with Gasteiger partial charge in [-0.15, -0.1) is 0 Å². The Balaban J connectivity index is 1.56. The number of hydrogen-bond donors (Lipinski definition) is 1. The molecule has 1 fully saturated rings. The van der Waals surface area contributed by atoms with E-state index in [2.05, 4.69) is 5.32 Å². The van der Waals surface area contributed by atoms with Gasteiger partial charge >= 0.3 is 0 Å². The largest absolute Gasteiger partial charge is 0.480 e. The SMILES string of the molecule is CCC1Oc2ccc(NC(=O)C3CCCC3)cc2CN(Cc2ccc(F)cc2)C1=O. The molecule has 4 rings (SSSR count). The molecule has 1 N–H and O–H groups in total. The molecule has 0 aromatic heterocycles. The molecule has 0 radical (unpaired) electrons. The molecule has 6 heteroatoms. The number of amides is 2. The van der Waals surface area contributed by atoms with Crippen molar-refractivity contribution >= 4 is 17.5 Å². The van der Waals surface area contributed by atoms with Crippen molar-refractivity contribution in [3.8, 4) is 5.75 Å². The third-order valence-electron chi connectivity index (χ3n) is 5.93. The lowest BCUT2D eigenvalue weighted by Crippen LogP contribution is -2.38. The molecule has 2 aliphatic rings. The highest BCUT2D eigenvalue weighted by molar-refractivity contribution is 5.93. The molecule has 1 heterocycles. The van der Waals surface area contributed by atoms with Crippen molar-refractivity contribution in [3.63, 3.8) is 0 Å². The van der Waals surface area contributed by atoms with E-state index in [1.165, 1.54) is 12.1 Å². The van der Waals surface area contributed by atoms with Crippen LogP contribution in [0.4, 0.5) is 10.1 Å². The molecule has 0 bridgehead atoms. The highest BCUT2D eigenvalue weighted by Crippen LogP contribution is 2.31. The molecule has 158 valence electrons. The molecule has 1 unspecified atom stereocenters. The van der Waals surface area contributed by atoms with Crippen molar-refractivity contribution in [3.05, 3.63) is 59.4 Å². The molecule has 5 nitrogen and oxygen atoms in total. The summed E-state index contributed by atoms with van der Waals surface area (Å²) >= 11 is 0. The van der Waals surface area contributed by atoms with Crippen molar-refractivity contribution in [1.82, 2.24) is 4.90 Å². The Morgan fingerprint density at radius 2 is 1.90 bits per heavy atom. The zero-order chi connectivity index (χ0) is 21.1. The number of fused-ring (bicyclic) bond motifs is 1. The average molecular weight is 410 g/mol. The third-order valence-corrected chi connectivity index (χ3v) is 5.93. The second-order valence-corrected chi connectivity index (χ2v) is 8.13. The Morgan fingerprint density at radius 3 is 2.60 bits per heavy atom. The Kier molecular flexibility index (Phi) is 6.02. The minimum absolute atomic E-state index is 0.0627. The first-order valence-electron chi connectivity index (χ1n) is 10.7. The van der Waals surface area contributed by atoms with Gasteiger partial charge in [-0.1, -0.05) is 31.9 Å². The summed E-state index contributed by atoms with van der Waals surface area (Å²) in [4.78, 5) is 27.2. The lowest BCUT2D eigenvalue weighted by Gasteiger charge is -2.23. The van der Waals surface area contributed by atoms with Crippen LogP contribution >= 0.6 is 0 Å². The molecule has 1 atom stereocenters. The summed E-state index contributed by atoms with van der Waals surface area (Å²) in [5, 5.41) is 3.02. The van der Waals surface area contributed by atoms with Crippen LogP contribution in [-0.4, -0.2) is 22.8 Å². The van der Waals surface area contributed by atoms with Gasteiger partial charge in [-0.25, -0.2) is 4.39 Å². The summed E-state index contributed by atoms with van der Waals surface area (Å²) in [6.07, 6.45) is 4.09. The zero-order valence-corrected chi connectivity index (χ0v) is 17.2. The van der Waals surface area contributed by atoms with Crippen molar-refractivity contribution in [2.24, 2.45) is 5.92 Å². The number of nitrogens with zero attached hydrogens (tertiary/aromatic N) is 1. The predicted molar refractivity (Wildman–Crippen MR) is 112 cm³/mol. The van der Waals surface area contributed by atoms with Gasteiger partial charge in [-0.3, -0.25) is 9.59 Å². The van der Waals surface area contributed by atoms with Crippen LogP contribution in [0.2, 0.25) is 0 Å². The number of hydrogen-bond acceptors (Lipinski definition) is 3. The summed E-state index contributed by atoms with van der Waals surface area (Å²) < 4.78 is 19.2. The number of halogens is 1. The van der Waals surface area contributed by atoms with Gasteiger partial charge in [0.2, 0.25) is 5.91 Å². The molecule has 2 aromatic carbocycles. The second-order valence-electron chi connectivity index (χ2n) is 8.13. The van der Waals surface area contributed by atoms with Crippen LogP contribution in [-0.2, 0) is 22.7 Å². The van der Waals surface area contributed by atoms with E-state index in [1.54, 1.807) is 17.0 Å². The van der Waals surface area contributed by atoms with E-state index < -0.39 is 6.10 Å². The van der Waals surface area contributed by atoms with Gasteiger partial charge in [0, 0.05) is 30.3 Å². The van der Waals surface area contributed by atoms with Gasteiger partial charge in [0.1, 0.15) is 11.6 Å². The summed E-state index contributed by atoms with van der Waals surface area (Å²) in [5.74, 6) is 0.419. The lowest BCUT2D eigenvalue weighted by molar-refractivity contribution is -0.139. The summed E-state index contributed by atoms with van der Waals surface area (Å²) in [6.45, 7) is 2.66.